The van der Waals surface area contributed by atoms with E-state index in [-0.39, 0.29) is 24.0 Å². The van der Waals surface area contributed by atoms with Crippen LogP contribution in [0, 0.1) is 17.0 Å². The summed E-state index contributed by atoms with van der Waals surface area (Å²) in [5, 5.41) is 17.9. The molecule has 0 saturated heterocycles. The molecule has 0 aliphatic heterocycles. The zero-order valence-corrected chi connectivity index (χ0v) is 13.2. The Morgan fingerprint density at radius 3 is 2.43 bits per heavy atom. The third-order valence-corrected chi connectivity index (χ3v) is 3.97. The molecule has 1 aromatic heterocycles. The Balaban J connectivity index is 1.82. The first-order valence-corrected chi connectivity index (χ1v) is 7.72. The van der Waals surface area contributed by atoms with Crippen molar-refractivity contribution in [3.8, 4) is 0 Å². The van der Waals surface area contributed by atoms with Gasteiger partial charge in [-0.1, -0.05) is 6.07 Å². The monoisotopic (exact) mass is 333 g/mol. The van der Waals surface area contributed by atoms with Crippen LogP contribution in [0.15, 0.2) is 35.7 Å². The molecule has 1 aromatic carbocycles. The van der Waals surface area contributed by atoms with Crippen molar-refractivity contribution in [2.75, 3.05) is 13.1 Å². The van der Waals surface area contributed by atoms with Gasteiger partial charge in [-0.2, -0.15) is 0 Å². The third kappa shape index (κ3) is 4.36. The van der Waals surface area contributed by atoms with E-state index in [9.17, 15) is 19.7 Å². The molecule has 0 unspecified atom stereocenters. The van der Waals surface area contributed by atoms with Gasteiger partial charge in [0.05, 0.1) is 9.80 Å². The Bertz CT molecular complexity index is 728. The predicted molar refractivity (Wildman–Crippen MR) is 86.8 cm³/mol. The number of nitro groups is 1. The summed E-state index contributed by atoms with van der Waals surface area (Å²) in [6.07, 6.45) is 0. The SMILES string of the molecule is Cc1cc(C(=O)NCCNC(=O)c2cccs2)ccc1[N+](=O)[O-]. The molecule has 0 fully saturated rings. The molecule has 23 heavy (non-hydrogen) atoms. The minimum atomic E-state index is -0.489. The Hall–Kier alpha value is -2.74. The summed E-state index contributed by atoms with van der Waals surface area (Å²) in [6.45, 7) is 2.15. The molecule has 0 aliphatic carbocycles. The zero-order chi connectivity index (χ0) is 16.8. The van der Waals surface area contributed by atoms with Gasteiger partial charge in [0.15, 0.2) is 0 Å². The molecule has 8 heteroatoms. The second-order valence-corrected chi connectivity index (χ2v) is 5.70. The van der Waals surface area contributed by atoms with E-state index in [4.69, 9.17) is 0 Å². The number of nitrogens with one attached hydrogen (secondary N) is 2. The molecule has 0 atom stereocenters. The van der Waals surface area contributed by atoms with Crippen molar-refractivity contribution in [1.29, 1.82) is 0 Å². The summed E-state index contributed by atoms with van der Waals surface area (Å²) >= 11 is 1.34. The third-order valence-electron chi connectivity index (χ3n) is 3.10. The van der Waals surface area contributed by atoms with E-state index in [0.717, 1.165) is 0 Å². The molecule has 2 rings (SSSR count). The Morgan fingerprint density at radius 1 is 1.17 bits per heavy atom. The van der Waals surface area contributed by atoms with Gasteiger partial charge in [-0.25, -0.2) is 0 Å². The van der Waals surface area contributed by atoms with Crippen LogP contribution in [0.4, 0.5) is 5.69 Å². The number of nitrogens with zero attached hydrogens (tertiary/aromatic N) is 1. The number of carbonyl (C=O) groups is 2. The lowest BCUT2D eigenvalue weighted by molar-refractivity contribution is -0.385. The minimum Gasteiger partial charge on any atom is -0.350 e. The number of hydrogen-bond donors (Lipinski definition) is 2. The van der Waals surface area contributed by atoms with Crippen LogP contribution in [0.2, 0.25) is 0 Å². The van der Waals surface area contributed by atoms with Crippen LogP contribution in [0.1, 0.15) is 25.6 Å². The van der Waals surface area contributed by atoms with Crippen molar-refractivity contribution >= 4 is 28.8 Å². The molecule has 0 bridgehead atoms. The largest absolute Gasteiger partial charge is 0.350 e. The Labute approximate surface area is 136 Å². The van der Waals surface area contributed by atoms with Gasteiger partial charge in [0.1, 0.15) is 0 Å². The fraction of sp³-hybridized carbons (Fsp3) is 0.200. The Kier molecular flexibility index (Phi) is 5.42. The van der Waals surface area contributed by atoms with E-state index in [1.54, 1.807) is 19.1 Å². The van der Waals surface area contributed by atoms with Crippen LogP contribution in [0.3, 0.4) is 0 Å². The van der Waals surface area contributed by atoms with E-state index < -0.39 is 4.92 Å². The molecule has 2 aromatic rings. The number of benzene rings is 1. The van der Waals surface area contributed by atoms with Gasteiger partial charge in [0, 0.05) is 30.3 Å². The van der Waals surface area contributed by atoms with Crippen molar-refractivity contribution in [2.45, 2.75) is 6.92 Å². The molecule has 120 valence electrons. The van der Waals surface area contributed by atoms with E-state index in [0.29, 0.717) is 22.5 Å². The van der Waals surface area contributed by atoms with Crippen molar-refractivity contribution in [2.24, 2.45) is 0 Å². The minimum absolute atomic E-state index is 0.0234. The maximum atomic E-state index is 12.0. The summed E-state index contributed by atoms with van der Waals surface area (Å²) in [5.41, 5.74) is 0.746. The second kappa shape index (κ2) is 7.50. The summed E-state index contributed by atoms with van der Waals surface area (Å²) < 4.78 is 0. The van der Waals surface area contributed by atoms with Gasteiger partial charge in [-0.05, 0) is 30.5 Å². The topological polar surface area (TPSA) is 101 Å². The van der Waals surface area contributed by atoms with Gasteiger partial charge in [0.25, 0.3) is 17.5 Å². The van der Waals surface area contributed by atoms with Crippen molar-refractivity contribution in [3.63, 3.8) is 0 Å². The van der Waals surface area contributed by atoms with Gasteiger partial charge in [-0.3, -0.25) is 19.7 Å². The summed E-state index contributed by atoms with van der Waals surface area (Å²) in [4.78, 5) is 34.5. The molecular weight excluding hydrogens is 318 g/mol. The van der Waals surface area contributed by atoms with Crippen LogP contribution in [-0.4, -0.2) is 29.8 Å². The maximum absolute atomic E-state index is 12.0. The van der Waals surface area contributed by atoms with E-state index in [1.165, 1.54) is 29.5 Å². The quantitative estimate of drug-likeness (QED) is 0.480. The molecule has 0 aliphatic rings. The lowest BCUT2D eigenvalue weighted by atomic mass is 10.1. The fourth-order valence-electron chi connectivity index (χ4n) is 1.95. The first-order chi connectivity index (χ1) is 11.0. The molecular formula is C15H15N3O4S. The van der Waals surface area contributed by atoms with Crippen LogP contribution in [0.25, 0.3) is 0 Å². The van der Waals surface area contributed by atoms with Gasteiger partial charge in [0.2, 0.25) is 0 Å². The normalized spacial score (nSPS) is 10.1. The smallest absolute Gasteiger partial charge is 0.272 e. The molecule has 0 radical (unpaired) electrons. The van der Waals surface area contributed by atoms with Crippen LogP contribution in [0.5, 0.6) is 0 Å². The van der Waals surface area contributed by atoms with Crippen LogP contribution in [-0.2, 0) is 0 Å². The fourth-order valence-corrected chi connectivity index (χ4v) is 2.59. The highest BCUT2D eigenvalue weighted by Gasteiger charge is 2.13. The lowest BCUT2D eigenvalue weighted by Crippen LogP contribution is -2.34. The highest BCUT2D eigenvalue weighted by atomic mass is 32.1. The van der Waals surface area contributed by atoms with Crippen LogP contribution < -0.4 is 10.6 Å². The van der Waals surface area contributed by atoms with Crippen molar-refractivity contribution < 1.29 is 14.5 Å². The van der Waals surface area contributed by atoms with E-state index in [1.807, 2.05) is 5.38 Å². The first kappa shape index (κ1) is 16.6. The lowest BCUT2D eigenvalue weighted by Gasteiger charge is -2.07. The molecule has 0 spiro atoms. The molecule has 2 amide bonds. The zero-order valence-electron chi connectivity index (χ0n) is 12.4. The average Bonchev–Trinajstić information content (AvgIpc) is 3.05. The van der Waals surface area contributed by atoms with Gasteiger partial charge in [-0.15, -0.1) is 11.3 Å². The van der Waals surface area contributed by atoms with Crippen molar-refractivity contribution in [1.82, 2.24) is 10.6 Å². The second-order valence-electron chi connectivity index (χ2n) is 4.75. The molecule has 7 nitrogen and oxygen atoms in total. The predicted octanol–water partition coefficient (Wildman–Crippen LogP) is 2.12. The number of carbonyl (C=O) groups excluding carboxylic acids is 2. The number of rotatable bonds is 6. The van der Waals surface area contributed by atoms with Gasteiger partial charge < -0.3 is 10.6 Å². The first-order valence-electron chi connectivity index (χ1n) is 6.84. The summed E-state index contributed by atoms with van der Waals surface area (Å²) in [6, 6.07) is 7.70. The molecule has 0 saturated carbocycles. The number of amides is 2. The van der Waals surface area contributed by atoms with Crippen LogP contribution >= 0.6 is 11.3 Å². The molecule has 2 N–H and O–H groups in total. The molecule has 1 heterocycles. The summed E-state index contributed by atoms with van der Waals surface area (Å²) in [7, 11) is 0. The van der Waals surface area contributed by atoms with Gasteiger partial charge >= 0.3 is 0 Å². The van der Waals surface area contributed by atoms with E-state index >= 15 is 0 Å². The number of thiophene rings is 1. The number of hydrogen-bond acceptors (Lipinski definition) is 5. The average molecular weight is 333 g/mol. The number of nitro benzene ring substituents is 1. The summed E-state index contributed by atoms with van der Waals surface area (Å²) in [5.74, 6) is -0.520. The van der Waals surface area contributed by atoms with E-state index in [2.05, 4.69) is 10.6 Å². The highest BCUT2D eigenvalue weighted by molar-refractivity contribution is 7.12. The van der Waals surface area contributed by atoms with Crippen molar-refractivity contribution in [3.05, 3.63) is 61.8 Å². The standard InChI is InChI=1S/C15H15N3O4S/c1-10-9-11(4-5-12(10)18(21)22)14(19)16-6-7-17-15(20)13-3-2-8-23-13/h2-5,8-9H,6-7H2,1H3,(H,16,19)(H,17,20). The Morgan fingerprint density at radius 2 is 1.87 bits per heavy atom. The highest BCUT2D eigenvalue weighted by Crippen LogP contribution is 2.18. The number of aryl methyl sites for hydroxylation is 1. The maximum Gasteiger partial charge on any atom is 0.272 e.